The van der Waals surface area contributed by atoms with E-state index in [1.807, 2.05) is 6.07 Å². The number of esters is 1. The number of thioether (sulfide) groups is 1. The standard InChI is InChI=1S/C15H18ClNO2S.ClH/c16-13-3-1-10-5-7-17-8-6-12(10)15(13)20-9-11-2-4-14(18)19-11;/h1,3,11,17H,2,4-9H2;1H. The Hall–Kier alpha value is -0.420. The van der Waals surface area contributed by atoms with Gasteiger partial charge in [0.2, 0.25) is 0 Å². The van der Waals surface area contributed by atoms with Crippen LogP contribution in [0, 0.1) is 0 Å². The van der Waals surface area contributed by atoms with Gasteiger partial charge >= 0.3 is 5.97 Å². The van der Waals surface area contributed by atoms with E-state index < -0.39 is 0 Å². The van der Waals surface area contributed by atoms with Gasteiger partial charge < -0.3 is 10.1 Å². The van der Waals surface area contributed by atoms with Gasteiger partial charge in [-0.05, 0) is 49.5 Å². The third-order valence-corrected chi connectivity index (χ3v) is 5.53. The zero-order valence-electron chi connectivity index (χ0n) is 11.7. The van der Waals surface area contributed by atoms with E-state index in [0.29, 0.717) is 6.42 Å². The van der Waals surface area contributed by atoms with Crippen molar-refractivity contribution in [2.45, 2.75) is 36.7 Å². The van der Waals surface area contributed by atoms with Crippen molar-refractivity contribution in [3.63, 3.8) is 0 Å². The molecule has 2 heterocycles. The van der Waals surface area contributed by atoms with Crippen LogP contribution in [0.15, 0.2) is 17.0 Å². The molecule has 0 radical (unpaired) electrons. The molecular formula is C15H19Cl2NO2S. The molecular weight excluding hydrogens is 329 g/mol. The van der Waals surface area contributed by atoms with Crippen LogP contribution in [-0.2, 0) is 22.4 Å². The Bertz CT molecular complexity index is 525. The molecule has 1 fully saturated rings. The Kier molecular flexibility index (Phi) is 6.23. The van der Waals surface area contributed by atoms with Gasteiger partial charge in [0.25, 0.3) is 0 Å². The molecule has 1 aromatic rings. The summed E-state index contributed by atoms with van der Waals surface area (Å²) in [4.78, 5) is 12.3. The summed E-state index contributed by atoms with van der Waals surface area (Å²) in [5, 5.41) is 4.24. The normalized spacial score (nSPS) is 21.2. The first-order valence-electron chi connectivity index (χ1n) is 7.07. The lowest BCUT2D eigenvalue weighted by Crippen LogP contribution is -2.16. The molecule has 2 aliphatic heterocycles. The molecule has 2 aliphatic rings. The summed E-state index contributed by atoms with van der Waals surface area (Å²) in [7, 11) is 0. The summed E-state index contributed by atoms with van der Waals surface area (Å²) in [6.07, 6.45) is 3.50. The summed E-state index contributed by atoms with van der Waals surface area (Å²) in [6.45, 7) is 2.03. The minimum absolute atomic E-state index is 0. The van der Waals surface area contributed by atoms with E-state index in [1.54, 1.807) is 11.8 Å². The topological polar surface area (TPSA) is 38.3 Å². The number of nitrogens with one attached hydrogen (secondary N) is 1. The minimum atomic E-state index is -0.0715. The highest BCUT2D eigenvalue weighted by molar-refractivity contribution is 7.99. The van der Waals surface area contributed by atoms with Crippen molar-refractivity contribution < 1.29 is 9.53 Å². The fourth-order valence-electron chi connectivity index (χ4n) is 2.74. The van der Waals surface area contributed by atoms with Crippen molar-refractivity contribution in [3.8, 4) is 0 Å². The van der Waals surface area contributed by atoms with E-state index >= 15 is 0 Å². The molecule has 1 atom stereocenters. The number of carbonyl (C=O) groups excluding carboxylic acids is 1. The van der Waals surface area contributed by atoms with Crippen molar-refractivity contribution in [1.29, 1.82) is 0 Å². The number of halogens is 2. The second-order valence-corrected chi connectivity index (χ2v) is 6.66. The zero-order chi connectivity index (χ0) is 13.9. The number of cyclic esters (lactones) is 1. The van der Waals surface area contributed by atoms with Crippen molar-refractivity contribution in [1.82, 2.24) is 5.32 Å². The highest BCUT2D eigenvalue weighted by atomic mass is 35.5. The Balaban J connectivity index is 0.00000161. The van der Waals surface area contributed by atoms with Crippen molar-refractivity contribution in [2.24, 2.45) is 0 Å². The molecule has 0 amide bonds. The molecule has 21 heavy (non-hydrogen) atoms. The third kappa shape index (κ3) is 4.07. The summed E-state index contributed by atoms with van der Waals surface area (Å²) >= 11 is 8.11. The maximum Gasteiger partial charge on any atom is 0.306 e. The Morgan fingerprint density at radius 3 is 2.86 bits per heavy atom. The molecule has 0 aromatic heterocycles. The fourth-order valence-corrected chi connectivity index (χ4v) is 4.28. The van der Waals surface area contributed by atoms with Crippen LogP contribution < -0.4 is 5.32 Å². The van der Waals surface area contributed by atoms with E-state index in [4.69, 9.17) is 16.3 Å². The van der Waals surface area contributed by atoms with Crippen LogP contribution in [0.4, 0.5) is 0 Å². The third-order valence-electron chi connectivity index (χ3n) is 3.81. The number of hydrogen-bond donors (Lipinski definition) is 1. The van der Waals surface area contributed by atoms with Crippen LogP contribution in [-0.4, -0.2) is 30.9 Å². The van der Waals surface area contributed by atoms with Crippen molar-refractivity contribution in [2.75, 3.05) is 18.8 Å². The average molecular weight is 348 g/mol. The number of ether oxygens (including phenoxy) is 1. The van der Waals surface area contributed by atoms with Crippen LogP contribution in [0.3, 0.4) is 0 Å². The Labute approximate surface area is 140 Å². The highest BCUT2D eigenvalue weighted by Crippen LogP contribution is 2.35. The lowest BCUT2D eigenvalue weighted by molar-refractivity contribution is -0.140. The van der Waals surface area contributed by atoms with Crippen molar-refractivity contribution >= 4 is 41.7 Å². The summed E-state index contributed by atoms with van der Waals surface area (Å²) in [6, 6.07) is 4.14. The molecule has 0 aliphatic carbocycles. The van der Waals surface area contributed by atoms with Gasteiger partial charge in [-0.2, -0.15) is 0 Å². The lowest BCUT2D eigenvalue weighted by Gasteiger charge is -2.15. The van der Waals surface area contributed by atoms with Gasteiger partial charge in [-0.3, -0.25) is 4.79 Å². The van der Waals surface area contributed by atoms with Gasteiger partial charge in [0, 0.05) is 17.1 Å². The van der Waals surface area contributed by atoms with E-state index in [-0.39, 0.29) is 24.5 Å². The lowest BCUT2D eigenvalue weighted by atomic mass is 10.0. The Morgan fingerprint density at radius 2 is 2.10 bits per heavy atom. The second-order valence-electron chi connectivity index (χ2n) is 5.23. The number of fused-ring (bicyclic) bond motifs is 1. The molecule has 6 heteroatoms. The molecule has 3 rings (SSSR count). The van der Waals surface area contributed by atoms with Gasteiger partial charge in [0.15, 0.2) is 0 Å². The number of carbonyl (C=O) groups is 1. The quantitative estimate of drug-likeness (QED) is 0.672. The molecule has 116 valence electrons. The largest absolute Gasteiger partial charge is 0.461 e. The average Bonchev–Trinajstić information content (AvgIpc) is 2.71. The second kappa shape index (κ2) is 7.73. The van der Waals surface area contributed by atoms with E-state index in [0.717, 1.165) is 43.1 Å². The van der Waals surface area contributed by atoms with Gasteiger partial charge in [0.1, 0.15) is 6.10 Å². The number of rotatable bonds is 3. The predicted octanol–water partition coefficient (Wildman–Crippen LogP) is 3.25. The minimum Gasteiger partial charge on any atom is -0.461 e. The van der Waals surface area contributed by atoms with Crippen LogP contribution in [0.25, 0.3) is 0 Å². The molecule has 3 nitrogen and oxygen atoms in total. The first-order chi connectivity index (χ1) is 9.74. The first-order valence-corrected chi connectivity index (χ1v) is 8.43. The van der Waals surface area contributed by atoms with E-state index in [2.05, 4.69) is 11.4 Å². The molecule has 0 bridgehead atoms. The van der Waals surface area contributed by atoms with Gasteiger partial charge in [-0.15, -0.1) is 24.2 Å². The van der Waals surface area contributed by atoms with Crippen LogP contribution in [0.2, 0.25) is 5.02 Å². The highest BCUT2D eigenvalue weighted by Gasteiger charge is 2.24. The van der Waals surface area contributed by atoms with E-state index in [9.17, 15) is 4.79 Å². The number of benzene rings is 1. The van der Waals surface area contributed by atoms with Crippen molar-refractivity contribution in [3.05, 3.63) is 28.3 Å². The smallest absolute Gasteiger partial charge is 0.306 e. The maximum atomic E-state index is 11.1. The summed E-state index contributed by atoms with van der Waals surface area (Å²) in [5.41, 5.74) is 2.77. The molecule has 1 unspecified atom stereocenters. The maximum absolute atomic E-state index is 11.1. The molecule has 0 spiro atoms. The van der Waals surface area contributed by atoms with Gasteiger partial charge in [-0.25, -0.2) is 0 Å². The summed E-state index contributed by atoms with van der Waals surface area (Å²) in [5.74, 6) is 0.729. The fraction of sp³-hybridized carbons (Fsp3) is 0.533. The molecule has 1 aromatic carbocycles. The SMILES string of the molecule is Cl.O=C1CCC(CSc2c(Cl)ccc3c2CCNCC3)O1. The molecule has 0 saturated carbocycles. The van der Waals surface area contributed by atoms with Crippen LogP contribution >= 0.6 is 35.8 Å². The zero-order valence-corrected chi connectivity index (χ0v) is 14.1. The monoisotopic (exact) mass is 347 g/mol. The Morgan fingerprint density at radius 1 is 1.29 bits per heavy atom. The van der Waals surface area contributed by atoms with Crippen LogP contribution in [0.1, 0.15) is 24.0 Å². The number of hydrogen-bond acceptors (Lipinski definition) is 4. The van der Waals surface area contributed by atoms with Crippen LogP contribution in [0.5, 0.6) is 0 Å². The first kappa shape index (κ1) is 16.9. The molecule has 1 N–H and O–H groups in total. The molecule has 1 saturated heterocycles. The van der Waals surface area contributed by atoms with E-state index in [1.165, 1.54) is 16.0 Å². The van der Waals surface area contributed by atoms with Gasteiger partial charge in [-0.1, -0.05) is 17.7 Å². The van der Waals surface area contributed by atoms with Gasteiger partial charge in [0.05, 0.1) is 5.02 Å². The predicted molar refractivity (Wildman–Crippen MR) is 88.8 cm³/mol. The summed E-state index contributed by atoms with van der Waals surface area (Å²) < 4.78 is 5.28.